The second kappa shape index (κ2) is 14.4. The Kier molecular flexibility index (Phi) is 9.65. The Labute approximate surface area is 312 Å². The van der Waals surface area contributed by atoms with Crippen molar-refractivity contribution in [2.75, 3.05) is 5.32 Å². The highest BCUT2D eigenvalue weighted by Crippen LogP contribution is 2.39. The highest BCUT2D eigenvalue weighted by Gasteiger charge is 2.40. The number of aromatic nitrogens is 3. The van der Waals surface area contributed by atoms with E-state index in [4.69, 9.17) is 16.6 Å². The van der Waals surface area contributed by atoms with Crippen LogP contribution in [0.4, 0.5) is 5.69 Å². The second-order valence-corrected chi connectivity index (χ2v) is 14.6. The van der Waals surface area contributed by atoms with E-state index in [-0.39, 0.29) is 50.5 Å². The summed E-state index contributed by atoms with van der Waals surface area (Å²) in [7, 11) is 0. The lowest BCUT2D eigenvalue weighted by Gasteiger charge is -2.29. The largest absolute Gasteiger partial charge is 0.326 e. The van der Waals surface area contributed by atoms with Gasteiger partial charge in [0.15, 0.2) is 5.82 Å². The van der Waals surface area contributed by atoms with Gasteiger partial charge >= 0.3 is 0 Å². The van der Waals surface area contributed by atoms with E-state index in [1.165, 1.54) is 4.90 Å². The molecule has 1 saturated heterocycles. The molecular formula is C36H34ClN9O6S. The molecule has 6 amide bonds. The van der Waals surface area contributed by atoms with Gasteiger partial charge in [0.05, 0.1) is 12.1 Å². The number of benzene rings is 2. The van der Waals surface area contributed by atoms with E-state index in [1.54, 1.807) is 41.7 Å². The fourth-order valence-electron chi connectivity index (χ4n) is 6.70. The van der Waals surface area contributed by atoms with E-state index >= 15 is 0 Å². The normalized spacial score (nSPS) is 17.6. The predicted octanol–water partition coefficient (Wildman–Crippen LogP) is 3.52. The van der Waals surface area contributed by atoms with Gasteiger partial charge in [-0.05, 0) is 57.0 Å². The molecule has 0 saturated carbocycles. The number of rotatable bonds is 8. The van der Waals surface area contributed by atoms with Crippen LogP contribution >= 0.6 is 22.9 Å². The summed E-state index contributed by atoms with van der Waals surface area (Å²) in [6.07, 6.45) is -0.266. The quantitative estimate of drug-likeness (QED) is 0.155. The molecule has 4 N–H and O–H groups in total. The van der Waals surface area contributed by atoms with Gasteiger partial charge in [-0.2, -0.15) is 0 Å². The monoisotopic (exact) mass is 755 g/mol. The molecule has 15 nitrogen and oxygen atoms in total. The van der Waals surface area contributed by atoms with Crippen LogP contribution in [-0.2, 0) is 30.5 Å². The van der Waals surface area contributed by atoms with Gasteiger partial charge < -0.3 is 10.2 Å². The smallest absolute Gasteiger partial charge is 0.255 e. The predicted molar refractivity (Wildman–Crippen MR) is 195 cm³/mol. The van der Waals surface area contributed by atoms with E-state index < -0.39 is 35.7 Å². The van der Waals surface area contributed by atoms with Crippen LogP contribution in [0, 0.1) is 20.8 Å². The molecule has 2 aromatic carbocycles. The van der Waals surface area contributed by atoms with E-state index in [0.29, 0.717) is 39.2 Å². The van der Waals surface area contributed by atoms with Crippen molar-refractivity contribution < 1.29 is 28.8 Å². The molecule has 272 valence electrons. The average molecular weight is 756 g/mol. The van der Waals surface area contributed by atoms with E-state index in [9.17, 15) is 28.8 Å². The number of piperidine rings is 1. The lowest BCUT2D eigenvalue weighted by molar-refractivity contribution is -0.137. The number of anilines is 1. The van der Waals surface area contributed by atoms with Crippen molar-refractivity contribution in [2.24, 2.45) is 4.99 Å². The van der Waals surface area contributed by atoms with Gasteiger partial charge in [-0.3, -0.25) is 54.5 Å². The number of imide groups is 1. The molecule has 53 heavy (non-hydrogen) atoms. The Hall–Kier alpha value is -5.74. The number of halogens is 1. The van der Waals surface area contributed by atoms with Gasteiger partial charge in [0.25, 0.3) is 5.91 Å². The number of hydrogen-bond donors (Lipinski definition) is 4. The van der Waals surface area contributed by atoms with Gasteiger partial charge in [-0.25, -0.2) is 0 Å². The maximum Gasteiger partial charge on any atom is 0.255 e. The lowest BCUT2D eigenvalue weighted by Crippen LogP contribution is -2.52. The minimum atomic E-state index is -0.792. The minimum absolute atomic E-state index is 0.0823. The first-order valence-corrected chi connectivity index (χ1v) is 18.1. The zero-order valence-electron chi connectivity index (χ0n) is 28.9. The molecule has 0 bridgehead atoms. The Bertz CT molecular complexity index is 2250. The number of nitrogens with one attached hydrogen (secondary N) is 4. The summed E-state index contributed by atoms with van der Waals surface area (Å²) in [5.41, 5.74) is 9.57. The summed E-state index contributed by atoms with van der Waals surface area (Å²) in [6.45, 7) is 5.99. The van der Waals surface area contributed by atoms with Crippen molar-refractivity contribution in [1.29, 1.82) is 0 Å². The number of amides is 6. The molecule has 0 spiro atoms. The van der Waals surface area contributed by atoms with Crippen LogP contribution in [0.3, 0.4) is 0 Å². The summed E-state index contributed by atoms with van der Waals surface area (Å²) in [5, 5.41) is 15.2. The maximum atomic E-state index is 13.2. The second-order valence-electron chi connectivity index (χ2n) is 13.0. The lowest BCUT2D eigenvalue weighted by atomic mass is 9.99. The molecular weight excluding hydrogens is 722 g/mol. The number of carbonyl (C=O) groups is 6. The molecule has 3 aliphatic rings. The maximum absolute atomic E-state index is 13.2. The van der Waals surface area contributed by atoms with Crippen molar-refractivity contribution in [3.63, 3.8) is 0 Å². The Morgan fingerprint density at radius 2 is 1.70 bits per heavy atom. The average Bonchev–Trinajstić information content (AvgIpc) is 3.74. The van der Waals surface area contributed by atoms with Crippen LogP contribution < -0.4 is 21.5 Å². The van der Waals surface area contributed by atoms with Gasteiger partial charge in [-0.15, -0.1) is 21.5 Å². The molecule has 7 rings (SSSR count). The number of thiophene rings is 1. The topological polar surface area (TPSA) is 197 Å². The van der Waals surface area contributed by atoms with Crippen molar-refractivity contribution in [3.8, 4) is 5.00 Å². The third kappa shape index (κ3) is 6.94. The van der Waals surface area contributed by atoms with E-state index in [0.717, 1.165) is 26.6 Å². The van der Waals surface area contributed by atoms with Crippen LogP contribution in [0.15, 0.2) is 47.5 Å². The van der Waals surface area contributed by atoms with E-state index in [1.807, 2.05) is 37.5 Å². The number of hydrogen-bond acceptors (Lipinski definition) is 10. The summed E-state index contributed by atoms with van der Waals surface area (Å²) in [5.74, 6) is -1.75. The third-order valence-corrected chi connectivity index (χ3v) is 11.0. The SMILES string of the molecule is Cc1sc2c(c1C)C(c1ccc(Cl)cc1)=N[C@@H](CC(=O)NNC(=O)CCC(=O)Nc1cccc3c1CN(C1CCC(=O)NC1=O)C3=O)c1nnc(C)n1-2. The third-order valence-electron chi connectivity index (χ3n) is 9.51. The molecule has 3 aliphatic heterocycles. The van der Waals surface area contributed by atoms with Gasteiger partial charge in [-0.1, -0.05) is 29.8 Å². The highest BCUT2D eigenvalue weighted by molar-refractivity contribution is 7.15. The summed E-state index contributed by atoms with van der Waals surface area (Å²) >= 11 is 7.78. The zero-order valence-corrected chi connectivity index (χ0v) is 30.5. The molecule has 17 heteroatoms. The van der Waals surface area contributed by atoms with Gasteiger partial charge in [0.1, 0.15) is 22.9 Å². The first-order valence-electron chi connectivity index (χ1n) is 16.9. The van der Waals surface area contributed by atoms with E-state index in [2.05, 4.69) is 31.7 Å². The van der Waals surface area contributed by atoms with Crippen molar-refractivity contribution >= 4 is 69.8 Å². The number of aryl methyl sites for hydroxylation is 2. The van der Waals surface area contributed by atoms with Crippen LogP contribution in [0.1, 0.15) is 87.3 Å². The van der Waals surface area contributed by atoms with Crippen molar-refractivity contribution in [2.45, 2.75) is 71.5 Å². The molecule has 2 aromatic heterocycles. The molecule has 4 aromatic rings. The van der Waals surface area contributed by atoms with Gasteiger partial charge in [0, 0.05) is 63.6 Å². The standard InChI is InChI=1S/C36H34ClN9O6S/c1-17-18(2)53-36-31(17)32(20-7-9-21(37)10-8-20)39-25(33-44-41-19(3)46(33)36)15-30(50)43-42-29(49)14-13-27(47)38-24-6-4-5-22-23(24)16-45(35(22)52)26-11-12-28(48)40-34(26)51/h4-10,25-26H,11-16H2,1-3H3,(H,38,47)(H,42,49)(H,43,50)(H,40,48,51)/t25-,26?/m0/s1. The first kappa shape index (κ1) is 35.7. The number of nitrogens with zero attached hydrogens (tertiary/aromatic N) is 5. The number of hydrazine groups is 1. The Morgan fingerprint density at radius 1 is 0.962 bits per heavy atom. The van der Waals surface area contributed by atoms with Gasteiger partial charge in [0.2, 0.25) is 29.5 Å². The number of carbonyl (C=O) groups excluding carboxylic acids is 6. The summed E-state index contributed by atoms with van der Waals surface area (Å²) < 4.78 is 1.92. The van der Waals surface area contributed by atoms with Crippen LogP contribution in [0.25, 0.3) is 5.00 Å². The number of fused-ring (bicyclic) bond motifs is 4. The molecule has 1 unspecified atom stereocenters. The molecule has 5 heterocycles. The summed E-state index contributed by atoms with van der Waals surface area (Å²) in [6, 6.07) is 10.7. The van der Waals surface area contributed by atoms with Crippen LogP contribution in [0.5, 0.6) is 0 Å². The van der Waals surface area contributed by atoms with Crippen molar-refractivity contribution in [1.82, 2.24) is 35.8 Å². The molecule has 0 radical (unpaired) electrons. The highest BCUT2D eigenvalue weighted by atomic mass is 35.5. The Balaban J connectivity index is 0.977. The summed E-state index contributed by atoms with van der Waals surface area (Å²) in [4.78, 5) is 83.5. The first-order chi connectivity index (χ1) is 25.4. The molecule has 0 aliphatic carbocycles. The molecule has 2 atom stereocenters. The van der Waals surface area contributed by atoms with Crippen molar-refractivity contribution in [3.05, 3.63) is 91.8 Å². The molecule has 1 fully saturated rings. The number of aliphatic imine (C=N–C) groups is 1. The minimum Gasteiger partial charge on any atom is -0.326 e. The zero-order chi connectivity index (χ0) is 37.6. The van der Waals surface area contributed by atoms with Crippen LogP contribution in [-0.4, -0.2) is 66.9 Å². The fraction of sp³-hybridized carbons (Fsp3) is 0.306. The Morgan fingerprint density at radius 3 is 2.45 bits per heavy atom. The van der Waals surface area contributed by atoms with Crippen LogP contribution in [0.2, 0.25) is 5.02 Å². The fourth-order valence-corrected chi connectivity index (χ4v) is 8.04.